The molecule has 0 saturated heterocycles. The lowest BCUT2D eigenvalue weighted by atomic mass is 9.91. The number of fused-ring (bicyclic) bond motifs is 1. The van der Waals surface area contributed by atoms with Gasteiger partial charge in [-0.25, -0.2) is 0 Å². The van der Waals surface area contributed by atoms with Crippen molar-refractivity contribution in [3.8, 4) is 33.9 Å². The minimum absolute atomic E-state index is 0.123. The molecule has 8 nitrogen and oxygen atoms in total. The number of carbonyl (C=O) groups is 1. The fourth-order valence-corrected chi connectivity index (χ4v) is 6.16. The van der Waals surface area contributed by atoms with Crippen LogP contribution >= 0.6 is 0 Å². The Labute approximate surface area is 296 Å². The van der Waals surface area contributed by atoms with E-state index in [2.05, 4.69) is 47.4 Å². The lowest BCUT2D eigenvalue weighted by molar-refractivity contribution is 0.0947. The summed E-state index contributed by atoms with van der Waals surface area (Å²) in [5.74, 6) is 1.59. The first-order valence-electron chi connectivity index (χ1n) is 17.7. The van der Waals surface area contributed by atoms with E-state index in [-0.39, 0.29) is 24.1 Å². The summed E-state index contributed by atoms with van der Waals surface area (Å²) in [6.45, 7) is 13.8. The number of aliphatic hydroxyl groups excluding tert-OH is 1. The largest absolute Gasteiger partial charge is 0.488 e. The van der Waals surface area contributed by atoms with Crippen molar-refractivity contribution in [1.29, 1.82) is 0 Å². The molecule has 50 heavy (non-hydrogen) atoms. The smallest absolute Gasteiger partial charge is 0.274 e. The van der Waals surface area contributed by atoms with Crippen LogP contribution < -0.4 is 14.8 Å². The second kappa shape index (κ2) is 17.7. The number of hydrogen-bond donors (Lipinski definition) is 2. The summed E-state index contributed by atoms with van der Waals surface area (Å²) in [6, 6.07) is 30.4. The van der Waals surface area contributed by atoms with E-state index in [0.29, 0.717) is 48.9 Å². The lowest BCUT2D eigenvalue weighted by Gasteiger charge is -2.28. The van der Waals surface area contributed by atoms with Gasteiger partial charge in [0.25, 0.3) is 5.91 Å². The van der Waals surface area contributed by atoms with Gasteiger partial charge in [-0.3, -0.25) is 9.69 Å². The molecule has 0 aliphatic carbocycles. The van der Waals surface area contributed by atoms with Crippen molar-refractivity contribution in [3.63, 3.8) is 0 Å². The van der Waals surface area contributed by atoms with Crippen LogP contribution in [-0.4, -0.2) is 47.3 Å². The van der Waals surface area contributed by atoms with Crippen LogP contribution in [0.3, 0.4) is 0 Å². The normalized spacial score (nSPS) is 12.5. The van der Waals surface area contributed by atoms with Gasteiger partial charge in [-0.1, -0.05) is 112 Å². The average Bonchev–Trinajstić information content (AvgIpc) is 3.60. The predicted molar refractivity (Wildman–Crippen MR) is 198 cm³/mol. The van der Waals surface area contributed by atoms with Gasteiger partial charge in [0.15, 0.2) is 11.5 Å². The third kappa shape index (κ3) is 8.62. The molecule has 6 rings (SSSR count). The van der Waals surface area contributed by atoms with Gasteiger partial charge in [0, 0.05) is 32.2 Å². The van der Waals surface area contributed by atoms with Gasteiger partial charge in [0.05, 0.1) is 17.7 Å². The van der Waals surface area contributed by atoms with Crippen LogP contribution in [0.15, 0.2) is 95.5 Å². The van der Waals surface area contributed by atoms with E-state index in [4.69, 9.17) is 14.0 Å². The number of amides is 1. The van der Waals surface area contributed by atoms with E-state index in [0.717, 1.165) is 47.5 Å². The molecular weight excluding hydrogens is 626 g/mol. The van der Waals surface area contributed by atoms with Crippen LogP contribution in [0, 0.1) is 0 Å². The number of benzene rings is 4. The van der Waals surface area contributed by atoms with Gasteiger partial charge in [-0.15, -0.1) is 0 Å². The van der Waals surface area contributed by atoms with Crippen LogP contribution in [0.4, 0.5) is 0 Å². The van der Waals surface area contributed by atoms with E-state index in [1.165, 1.54) is 11.1 Å². The minimum atomic E-state index is -0.298. The average molecular weight is 676 g/mol. The molecule has 0 fully saturated rings. The van der Waals surface area contributed by atoms with E-state index in [9.17, 15) is 9.90 Å². The van der Waals surface area contributed by atoms with Crippen LogP contribution in [0.1, 0.15) is 78.8 Å². The highest BCUT2D eigenvalue weighted by molar-refractivity contribution is 6.02. The maximum Gasteiger partial charge on any atom is 0.274 e. The highest BCUT2D eigenvalue weighted by Gasteiger charge is 2.29. The fraction of sp³-hybridized carbons (Fsp3) is 0.333. The Morgan fingerprint density at radius 1 is 0.900 bits per heavy atom. The third-order valence-electron chi connectivity index (χ3n) is 8.70. The van der Waals surface area contributed by atoms with E-state index in [1.54, 1.807) is 0 Å². The van der Waals surface area contributed by atoms with Crippen molar-refractivity contribution in [2.45, 2.75) is 66.7 Å². The van der Waals surface area contributed by atoms with E-state index < -0.39 is 0 Å². The predicted octanol–water partition coefficient (Wildman–Crippen LogP) is 8.42. The summed E-state index contributed by atoms with van der Waals surface area (Å²) in [7, 11) is 0. The van der Waals surface area contributed by atoms with Crippen LogP contribution in [0.5, 0.6) is 11.5 Å². The van der Waals surface area contributed by atoms with Gasteiger partial charge in [-0.05, 0) is 58.7 Å². The number of carbonyl (C=O) groups excluding carboxylic acids is 1. The zero-order valence-corrected chi connectivity index (χ0v) is 29.9. The van der Waals surface area contributed by atoms with Crippen LogP contribution in [0.2, 0.25) is 0 Å². The number of nitrogens with one attached hydrogen (secondary N) is 1. The van der Waals surface area contributed by atoms with E-state index >= 15 is 0 Å². The van der Waals surface area contributed by atoms with Crippen molar-refractivity contribution >= 4 is 5.91 Å². The molecule has 2 N–H and O–H groups in total. The number of hydrogen-bond acceptors (Lipinski definition) is 7. The molecule has 1 aromatic heterocycles. The monoisotopic (exact) mass is 675 g/mol. The molecule has 5 aromatic rings. The first-order chi connectivity index (χ1) is 24.4. The Morgan fingerprint density at radius 3 is 2.18 bits per heavy atom. The molecule has 0 atom stereocenters. The van der Waals surface area contributed by atoms with Crippen molar-refractivity contribution in [2.75, 3.05) is 26.2 Å². The number of aliphatic hydroxyl groups is 1. The Kier molecular flexibility index (Phi) is 12.8. The first kappa shape index (κ1) is 36.4. The molecule has 1 aliphatic heterocycles. The number of ether oxygens (including phenoxy) is 2. The molecular formula is C42H49N3O5. The Morgan fingerprint density at radius 2 is 1.56 bits per heavy atom. The summed E-state index contributed by atoms with van der Waals surface area (Å²) < 4.78 is 19.1. The number of aromatic nitrogens is 1. The molecule has 0 unspecified atom stereocenters. The maximum atomic E-state index is 13.4. The summed E-state index contributed by atoms with van der Waals surface area (Å²) in [5.41, 5.74) is 7.91. The summed E-state index contributed by atoms with van der Waals surface area (Å²) in [5, 5.41) is 16.7. The molecule has 2 heterocycles. The SMILES string of the molecule is CC.CCNC(=O)c1noc(-c2cc(C(C)C)c(OCc3ccccc3)cc2OCc2ccccc2)c1-c1ccc2c(c1)CCN(CCO)C2. The Balaban J connectivity index is 0.00000239. The molecule has 8 heteroatoms. The van der Waals surface area contributed by atoms with Crippen molar-refractivity contribution in [2.24, 2.45) is 0 Å². The van der Waals surface area contributed by atoms with Crippen LogP contribution in [-0.2, 0) is 26.2 Å². The molecule has 262 valence electrons. The number of nitrogens with zero attached hydrogens (tertiary/aromatic N) is 2. The topological polar surface area (TPSA) is 97.1 Å². The molecule has 4 aromatic carbocycles. The number of rotatable bonds is 13. The van der Waals surface area contributed by atoms with Gasteiger partial charge >= 0.3 is 0 Å². The van der Waals surface area contributed by atoms with Gasteiger partial charge in [0.1, 0.15) is 24.7 Å². The van der Waals surface area contributed by atoms with Crippen molar-refractivity contribution in [3.05, 3.63) is 125 Å². The minimum Gasteiger partial charge on any atom is -0.488 e. The van der Waals surface area contributed by atoms with Crippen LogP contribution in [0.25, 0.3) is 22.5 Å². The standard InChI is InChI=1S/C40H43N3O5.C2H6/c1-4-41-40(45)38-37(31-15-16-32-24-43(19-20-44)18-17-30(32)21-31)39(48-42-38)34-22-33(27(2)3)35(46-25-28-11-7-5-8-12-28)23-36(34)47-26-29-13-9-6-10-14-29;1-2/h5-16,21-23,27,44H,4,17-20,24-26H2,1-3H3,(H,41,45);1-2H3. The van der Waals surface area contributed by atoms with Crippen molar-refractivity contribution < 1.29 is 23.9 Å². The second-order valence-corrected chi connectivity index (χ2v) is 12.4. The lowest BCUT2D eigenvalue weighted by Crippen LogP contribution is -2.32. The highest BCUT2D eigenvalue weighted by Crippen LogP contribution is 2.45. The first-order valence-corrected chi connectivity index (χ1v) is 17.7. The van der Waals surface area contributed by atoms with Gasteiger partial charge in [0.2, 0.25) is 0 Å². The van der Waals surface area contributed by atoms with Gasteiger partial charge in [-0.2, -0.15) is 0 Å². The third-order valence-corrected chi connectivity index (χ3v) is 8.70. The summed E-state index contributed by atoms with van der Waals surface area (Å²) in [4.78, 5) is 15.7. The molecule has 1 amide bonds. The zero-order chi connectivity index (χ0) is 35.5. The molecule has 0 saturated carbocycles. The molecule has 1 aliphatic rings. The fourth-order valence-electron chi connectivity index (χ4n) is 6.16. The molecule has 0 spiro atoms. The Bertz CT molecular complexity index is 1840. The summed E-state index contributed by atoms with van der Waals surface area (Å²) in [6.07, 6.45) is 0.844. The maximum absolute atomic E-state index is 13.4. The van der Waals surface area contributed by atoms with Crippen molar-refractivity contribution in [1.82, 2.24) is 15.4 Å². The zero-order valence-electron chi connectivity index (χ0n) is 29.9. The summed E-state index contributed by atoms with van der Waals surface area (Å²) >= 11 is 0. The second-order valence-electron chi connectivity index (χ2n) is 12.4. The Hall–Kier alpha value is -4.92. The molecule has 0 radical (unpaired) electrons. The molecule has 0 bridgehead atoms. The van der Waals surface area contributed by atoms with Gasteiger partial charge < -0.3 is 24.4 Å². The highest BCUT2D eigenvalue weighted by atomic mass is 16.5. The number of β-amino-alcohol motifs (C(OH)–C–C–N with tert-alkyl or cyclic N) is 1. The van der Waals surface area contributed by atoms with E-state index in [1.807, 2.05) is 93.6 Å². The quantitative estimate of drug-likeness (QED) is 0.129.